The second-order valence-corrected chi connectivity index (χ2v) is 19.6. The number of benzene rings is 3. The van der Waals surface area contributed by atoms with Gasteiger partial charge in [-0.15, -0.1) is 0 Å². The van der Waals surface area contributed by atoms with Gasteiger partial charge in [-0.3, -0.25) is 4.79 Å². The number of carboxylic acid groups (broad SMARTS) is 1. The van der Waals surface area contributed by atoms with Crippen molar-refractivity contribution in [1.29, 1.82) is 0 Å². The summed E-state index contributed by atoms with van der Waals surface area (Å²) in [4.78, 5) is 59.3. The molecule has 1 atom stereocenters. The molecule has 1 aliphatic carbocycles. The van der Waals surface area contributed by atoms with Crippen LogP contribution in [0.1, 0.15) is 89.1 Å². The Morgan fingerprint density at radius 3 is 2.05 bits per heavy atom. The number of carbonyl (C=O) groups excluding carboxylic acids is 3. The van der Waals surface area contributed by atoms with E-state index in [1.807, 2.05) is 4.90 Å². The minimum Gasteiger partial charge on any atom is -0.479 e. The van der Waals surface area contributed by atoms with Crippen LogP contribution in [0.2, 0.25) is 0 Å². The summed E-state index contributed by atoms with van der Waals surface area (Å²) in [5.74, 6) is -3.02. The van der Waals surface area contributed by atoms with E-state index in [-0.39, 0.29) is 51.1 Å². The number of amides is 3. The summed E-state index contributed by atoms with van der Waals surface area (Å²) in [7, 11) is 0.0690. The van der Waals surface area contributed by atoms with E-state index in [0.717, 1.165) is 6.20 Å². The smallest absolute Gasteiger partial charge is 0.425 e. The molecule has 1 unspecified atom stereocenters. The Morgan fingerprint density at radius 2 is 1.48 bits per heavy atom. The number of aromatic nitrogens is 1. The van der Waals surface area contributed by atoms with E-state index in [0.29, 0.717) is 41.1 Å². The van der Waals surface area contributed by atoms with Gasteiger partial charge in [0.1, 0.15) is 17.0 Å². The zero-order valence-corrected chi connectivity index (χ0v) is 36.7. The van der Waals surface area contributed by atoms with E-state index in [1.165, 1.54) is 48.5 Å². The number of alkyl halides is 2. The van der Waals surface area contributed by atoms with Crippen LogP contribution in [0.15, 0.2) is 65.7 Å². The normalized spacial score (nSPS) is 13.8. The highest BCUT2D eigenvalue weighted by atomic mass is 32.2. The van der Waals surface area contributed by atoms with Gasteiger partial charge in [-0.1, -0.05) is 18.2 Å². The number of imide groups is 1. The monoisotopic (exact) mass is 883 g/mol. The number of carbonyl (C=O) groups is 4. The Kier molecular flexibility index (Phi) is 14.3. The maximum atomic E-state index is 15.5. The average Bonchev–Trinajstić information content (AvgIpc) is 4.00. The van der Waals surface area contributed by atoms with Gasteiger partial charge in [0.05, 0.1) is 16.3 Å². The highest BCUT2D eigenvalue weighted by molar-refractivity contribution is 7.92. The highest BCUT2D eigenvalue weighted by Crippen LogP contribution is 2.37. The van der Waals surface area contributed by atoms with Gasteiger partial charge in [0.2, 0.25) is 12.3 Å². The number of anilines is 3. The number of fused-ring (bicyclic) bond motifs is 1. The van der Waals surface area contributed by atoms with Crippen molar-refractivity contribution in [2.75, 3.05) is 29.6 Å². The number of hydrogen-bond acceptors (Lipinski definition) is 11. The van der Waals surface area contributed by atoms with E-state index in [4.69, 9.17) is 9.47 Å². The Hall–Kier alpha value is -5.75. The molecule has 0 aliphatic heterocycles. The van der Waals surface area contributed by atoms with Crippen LogP contribution in [0.4, 0.5) is 40.0 Å². The summed E-state index contributed by atoms with van der Waals surface area (Å²) in [6.45, 7) is 9.85. The van der Waals surface area contributed by atoms with Gasteiger partial charge < -0.3 is 30.1 Å². The number of ether oxygens (including phenoxy) is 2. The molecule has 62 heavy (non-hydrogen) atoms. The maximum absolute atomic E-state index is 15.5. The topological polar surface area (TPSA) is 185 Å². The van der Waals surface area contributed by atoms with Gasteiger partial charge in [-0.25, -0.2) is 41.0 Å². The molecule has 3 aromatic carbocycles. The molecule has 0 saturated heterocycles. The third-order valence-electron chi connectivity index (χ3n) is 9.40. The number of nitrogens with one attached hydrogen (secondary N) is 2. The van der Waals surface area contributed by atoms with E-state index < -0.39 is 75.1 Å². The average molecular weight is 884 g/mol. The van der Waals surface area contributed by atoms with Crippen LogP contribution >= 0.6 is 0 Å². The minimum absolute atomic E-state index is 0.00999. The van der Waals surface area contributed by atoms with Gasteiger partial charge >= 0.3 is 18.2 Å². The van der Waals surface area contributed by atoms with Crippen molar-refractivity contribution in [3.05, 3.63) is 88.9 Å². The number of rotatable bonds is 15. The molecular weight excluding hydrogens is 832 g/mol. The van der Waals surface area contributed by atoms with Crippen LogP contribution in [0, 0.1) is 5.82 Å². The molecule has 1 heterocycles. The van der Waals surface area contributed by atoms with Gasteiger partial charge in [-0.2, -0.15) is 4.90 Å². The summed E-state index contributed by atoms with van der Waals surface area (Å²) in [6.07, 6.45) is -3.90. The van der Waals surface area contributed by atoms with Crippen LogP contribution in [0.3, 0.4) is 0 Å². The molecule has 1 saturated carbocycles. The number of aryl methyl sites for hydroxylation is 1. The van der Waals surface area contributed by atoms with Gasteiger partial charge in [0.15, 0.2) is 21.7 Å². The van der Waals surface area contributed by atoms with Crippen molar-refractivity contribution in [2.24, 2.45) is 0 Å². The fourth-order valence-electron chi connectivity index (χ4n) is 6.63. The molecule has 334 valence electrons. The van der Waals surface area contributed by atoms with Crippen LogP contribution in [-0.4, -0.2) is 84.4 Å². The third-order valence-corrected chi connectivity index (χ3v) is 11.8. The van der Waals surface area contributed by atoms with E-state index in [9.17, 15) is 41.5 Å². The SMILES string of the molecule is CN(C)Cc1cc(NC(=O)CCc2cc(C(Nc3ccc4c(N(C(=O)OC(C)(C)C)C(=O)OC(C)(C)C)ncc(F)c4c3)C(=O)O)ccc2CC(F)F)ccc1S(=O)(=O)C1CC1. The summed E-state index contributed by atoms with van der Waals surface area (Å²) in [5, 5.41) is 15.4. The van der Waals surface area contributed by atoms with Crippen molar-refractivity contribution in [3.63, 3.8) is 0 Å². The number of carboxylic acids is 1. The lowest BCUT2D eigenvalue weighted by atomic mass is 9.94. The molecule has 4 aromatic rings. The molecule has 1 aromatic heterocycles. The van der Waals surface area contributed by atoms with Crippen molar-refractivity contribution in [2.45, 2.75) is 114 Å². The Morgan fingerprint density at radius 1 is 0.855 bits per heavy atom. The number of hydrogen-bond donors (Lipinski definition) is 3. The zero-order chi connectivity index (χ0) is 45.9. The van der Waals surface area contributed by atoms with E-state index in [2.05, 4.69) is 15.6 Å². The first kappa shape index (κ1) is 47.3. The number of halogens is 3. The second-order valence-electron chi connectivity index (χ2n) is 17.4. The maximum Gasteiger partial charge on any atom is 0.425 e. The number of sulfone groups is 1. The van der Waals surface area contributed by atoms with E-state index >= 15 is 4.39 Å². The molecule has 18 heteroatoms. The quantitative estimate of drug-likeness (QED) is 0.103. The Balaban J connectivity index is 1.41. The standard InChI is InChI=1S/C44H52F3N5O9S/c1-43(2,3)60-41(56)52(42(57)61-44(4,5)6)39-32-16-12-30(22-33(32)34(45)23-48-39)50-38(40(54)55)27-10-9-26(21-36(46)47)25(19-27)11-18-37(53)49-29-13-17-35(28(20-29)24-51(7)8)62(58,59)31-14-15-31/h9-10,12-13,16-17,19-20,22-23,31,36,38,50H,11,14-15,18,21,24H2,1-8H3,(H,49,53)(H,54,55). The van der Waals surface area contributed by atoms with Crippen LogP contribution in [0.25, 0.3) is 10.8 Å². The predicted molar refractivity (Wildman–Crippen MR) is 228 cm³/mol. The molecule has 3 amide bonds. The molecular formula is C44H52F3N5O9S. The molecule has 3 N–H and O–H groups in total. The van der Waals surface area contributed by atoms with Crippen LogP contribution in [-0.2, 0) is 48.3 Å². The lowest BCUT2D eigenvalue weighted by Crippen LogP contribution is -2.44. The first-order valence-corrected chi connectivity index (χ1v) is 21.4. The Bertz CT molecular complexity index is 2440. The van der Waals surface area contributed by atoms with Crippen LogP contribution < -0.4 is 15.5 Å². The minimum atomic E-state index is -3.52. The molecule has 0 radical (unpaired) electrons. The van der Waals surface area contributed by atoms with E-state index in [1.54, 1.807) is 61.7 Å². The lowest BCUT2D eigenvalue weighted by molar-refractivity contribution is -0.138. The fourth-order valence-corrected chi connectivity index (χ4v) is 8.49. The summed E-state index contributed by atoms with van der Waals surface area (Å²) >= 11 is 0. The molecule has 1 aliphatic rings. The van der Waals surface area contributed by atoms with Crippen molar-refractivity contribution < 1.29 is 55.3 Å². The van der Waals surface area contributed by atoms with Crippen molar-refractivity contribution >= 4 is 61.9 Å². The van der Waals surface area contributed by atoms with Crippen molar-refractivity contribution in [1.82, 2.24) is 9.88 Å². The number of aliphatic carboxylic acids is 1. The summed E-state index contributed by atoms with van der Waals surface area (Å²) in [5.41, 5.74) is -0.443. The lowest BCUT2D eigenvalue weighted by Gasteiger charge is -2.28. The Labute approximate surface area is 358 Å². The highest BCUT2D eigenvalue weighted by Gasteiger charge is 2.38. The predicted octanol–water partition coefficient (Wildman–Crippen LogP) is 8.66. The molecule has 1 fully saturated rings. The number of pyridine rings is 1. The molecule has 0 bridgehead atoms. The fraction of sp³-hybridized carbons (Fsp3) is 0.432. The number of nitrogens with zero attached hydrogens (tertiary/aromatic N) is 3. The summed E-state index contributed by atoms with van der Waals surface area (Å²) < 4.78 is 79.9. The zero-order valence-electron chi connectivity index (χ0n) is 35.8. The molecule has 5 rings (SSSR count). The van der Waals surface area contributed by atoms with Crippen LogP contribution in [0.5, 0.6) is 0 Å². The largest absolute Gasteiger partial charge is 0.479 e. The van der Waals surface area contributed by atoms with Gasteiger partial charge in [0, 0.05) is 41.5 Å². The van der Waals surface area contributed by atoms with Crippen molar-refractivity contribution in [3.8, 4) is 0 Å². The first-order chi connectivity index (χ1) is 28.8. The third kappa shape index (κ3) is 12.2. The van der Waals surface area contributed by atoms with Gasteiger partial charge in [-0.05, 0) is 134 Å². The summed E-state index contributed by atoms with van der Waals surface area (Å²) in [6, 6.07) is 11.3. The molecule has 0 spiro atoms. The second kappa shape index (κ2) is 18.7. The van der Waals surface area contributed by atoms with Gasteiger partial charge in [0.25, 0.3) is 0 Å². The molecule has 14 nitrogen and oxygen atoms in total. The first-order valence-electron chi connectivity index (χ1n) is 19.9.